The third kappa shape index (κ3) is 14.6. The molecule has 0 bridgehead atoms. The van der Waals surface area contributed by atoms with Crippen LogP contribution in [0.15, 0.2) is 48.5 Å². The number of hydrogen-bond acceptors (Lipinski definition) is 10. The first kappa shape index (κ1) is 57.1. The number of nitrogens with zero attached hydrogens (tertiary/aromatic N) is 4. The molecule has 2 aromatic carbocycles. The number of nitrogens with one attached hydrogen (secondary N) is 4. The maximum absolute atomic E-state index is 14.7. The number of hydrogen-bond donors (Lipinski definition) is 4. The van der Waals surface area contributed by atoms with E-state index < -0.39 is 71.5 Å². The van der Waals surface area contributed by atoms with Crippen molar-refractivity contribution in [1.82, 2.24) is 30.2 Å². The lowest BCUT2D eigenvalue weighted by atomic mass is 9.83. The van der Waals surface area contributed by atoms with Crippen LogP contribution < -0.4 is 21.3 Å². The molecule has 0 radical (unpaired) electrons. The Balaban J connectivity index is 1.17. The third-order valence-corrected chi connectivity index (χ3v) is 15.0. The molecular formula is C56H82N8O10. The molecule has 406 valence electrons. The Labute approximate surface area is 437 Å². The van der Waals surface area contributed by atoms with E-state index in [1.165, 1.54) is 23.9 Å². The zero-order chi connectivity index (χ0) is 54.1. The van der Waals surface area contributed by atoms with Crippen LogP contribution in [0.4, 0.5) is 21.0 Å². The number of para-hydroxylation sites is 2. The van der Waals surface area contributed by atoms with E-state index in [0.717, 1.165) is 64.2 Å². The summed E-state index contributed by atoms with van der Waals surface area (Å²) in [5, 5.41) is 12.2. The predicted molar refractivity (Wildman–Crippen MR) is 283 cm³/mol. The van der Waals surface area contributed by atoms with Crippen LogP contribution in [-0.4, -0.2) is 142 Å². The topological polar surface area (TPSA) is 216 Å². The van der Waals surface area contributed by atoms with Gasteiger partial charge >= 0.3 is 12.2 Å². The van der Waals surface area contributed by atoms with Crippen molar-refractivity contribution in [2.24, 2.45) is 11.8 Å². The van der Waals surface area contributed by atoms with Gasteiger partial charge in [-0.1, -0.05) is 74.9 Å². The average Bonchev–Trinajstić information content (AvgIpc) is 4.08. The van der Waals surface area contributed by atoms with Crippen molar-refractivity contribution < 1.29 is 47.8 Å². The minimum Gasteiger partial charge on any atom is -0.444 e. The summed E-state index contributed by atoms with van der Waals surface area (Å²) in [5.41, 5.74) is 0.639. The van der Waals surface area contributed by atoms with Gasteiger partial charge in [0, 0.05) is 49.7 Å². The van der Waals surface area contributed by atoms with Crippen molar-refractivity contribution in [1.29, 1.82) is 0 Å². The quantitative estimate of drug-likeness (QED) is 0.136. The molecule has 8 amide bonds. The maximum Gasteiger partial charge on any atom is 0.410 e. The zero-order valence-corrected chi connectivity index (χ0v) is 45.4. The van der Waals surface area contributed by atoms with E-state index in [0.29, 0.717) is 61.3 Å². The van der Waals surface area contributed by atoms with Crippen molar-refractivity contribution >= 4 is 59.0 Å². The first-order valence-electron chi connectivity index (χ1n) is 26.9. The number of rotatable bonds is 15. The molecule has 0 aromatic heterocycles. The van der Waals surface area contributed by atoms with E-state index in [1.807, 2.05) is 24.3 Å². The van der Waals surface area contributed by atoms with Gasteiger partial charge in [0.2, 0.25) is 35.4 Å². The molecule has 2 heterocycles. The maximum atomic E-state index is 14.7. The molecule has 2 aliphatic carbocycles. The third-order valence-electron chi connectivity index (χ3n) is 15.0. The lowest BCUT2D eigenvalue weighted by molar-refractivity contribution is -0.142. The number of carbonyl (C=O) groups is 8. The van der Waals surface area contributed by atoms with E-state index in [9.17, 15) is 38.4 Å². The first-order valence-corrected chi connectivity index (χ1v) is 26.9. The van der Waals surface area contributed by atoms with Gasteiger partial charge in [-0.3, -0.25) is 38.6 Å². The minimum absolute atomic E-state index is 0.141. The highest BCUT2D eigenvalue weighted by Crippen LogP contribution is 2.36. The van der Waals surface area contributed by atoms with E-state index in [4.69, 9.17) is 9.47 Å². The van der Waals surface area contributed by atoms with Gasteiger partial charge in [0.1, 0.15) is 47.5 Å². The van der Waals surface area contributed by atoms with E-state index in [-0.39, 0.29) is 35.5 Å². The average molecular weight is 1030 g/mol. The SMILES string of the molecule is CC(C(=O)NC(C(=O)N1CCCC1C(=O)Nc1ccccc1-c1ccccc1NC(=O)C1CCCN1C(=O)C(NC(=O)C(C)N(C)C(=O)OC(C)(C)C)C1CCCCC1)C1CCCCC1)N(C)C(=O)OC(C)(C)C. The van der Waals surface area contributed by atoms with Crippen LogP contribution in [-0.2, 0) is 38.2 Å². The normalized spacial score (nSPS) is 20.3. The molecule has 74 heavy (non-hydrogen) atoms. The molecule has 2 aliphatic heterocycles. The fourth-order valence-electron chi connectivity index (χ4n) is 10.6. The second-order valence-electron chi connectivity index (χ2n) is 22.8. The number of anilines is 2. The fraction of sp³-hybridized carbons (Fsp3) is 0.643. The summed E-state index contributed by atoms with van der Waals surface area (Å²) < 4.78 is 11.0. The Morgan fingerprint density at radius 1 is 0.514 bits per heavy atom. The number of amides is 8. The Morgan fingerprint density at radius 2 is 0.851 bits per heavy atom. The van der Waals surface area contributed by atoms with Crippen molar-refractivity contribution in [2.75, 3.05) is 37.8 Å². The molecule has 4 N–H and O–H groups in total. The zero-order valence-electron chi connectivity index (χ0n) is 45.4. The van der Waals surface area contributed by atoms with Gasteiger partial charge in [-0.2, -0.15) is 0 Å². The predicted octanol–water partition coefficient (Wildman–Crippen LogP) is 7.85. The summed E-state index contributed by atoms with van der Waals surface area (Å²) in [6.45, 7) is 14.3. The molecule has 18 heteroatoms. The van der Waals surface area contributed by atoms with Crippen LogP contribution in [0.5, 0.6) is 0 Å². The second kappa shape index (κ2) is 24.9. The van der Waals surface area contributed by atoms with Crippen molar-refractivity contribution in [3.05, 3.63) is 48.5 Å². The Kier molecular flexibility index (Phi) is 19.2. The van der Waals surface area contributed by atoms with Gasteiger partial charge in [-0.15, -0.1) is 0 Å². The number of carbonyl (C=O) groups excluding carboxylic acids is 8. The van der Waals surface area contributed by atoms with Crippen molar-refractivity contribution in [3.63, 3.8) is 0 Å². The van der Waals surface area contributed by atoms with Gasteiger partial charge in [0.25, 0.3) is 0 Å². The number of ether oxygens (including phenoxy) is 2. The van der Waals surface area contributed by atoms with Crippen LogP contribution in [0.1, 0.15) is 145 Å². The van der Waals surface area contributed by atoms with Crippen LogP contribution in [0.25, 0.3) is 11.1 Å². The molecule has 0 spiro atoms. The van der Waals surface area contributed by atoms with Crippen LogP contribution >= 0.6 is 0 Å². The summed E-state index contributed by atoms with van der Waals surface area (Å²) >= 11 is 0. The monoisotopic (exact) mass is 1030 g/mol. The summed E-state index contributed by atoms with van der Waals surface area (Å²) in [4.78, 5) is 117. The van der Waals surface area contributed by atoms with Gasteiger partial charge in [-0.25, -0.2) is 9.59 Å². The Bertz CT molecular complexity index is 2190. The standard InChI is InChI=1S/C56H82N8O10/c1-35(61(9)53(71)73-55(3,4)5)47(65)59-45(37-23-13-11-14-24-37)51(69)63-33-21-31-43(63)49(67)57-41-29-19-17-27-39(41)40-28-18-20-30-42(40)58-50(68)44-32-22-34-64(44)52(70)46(38-25-15-12-16-26-38)60-48(66)36(2)62(10)54(72)74-56(6,7)8/h17-20,27-30,35-38,43-46H,11-16,21-26,31-34H2,1-10H3,(H,57,67)(H,58,68)(H,59,65)(H,60,66). The summed E-state index contributed by atoms with van der Waals surface area (Å²) in [7, 11) is 2.98. The van der Waals surface area contributed by atoms with E-state index in [1.54, 1.807) is 89.5 Å². The highest BCUT2D eigenvalue weighted by Gasteiger charge is 2.44. The highest BCUT2D eigenvalue weighted by molar-refractivity contribution is 6.05. The van der Waals surface area contributed by atoms with E-state index in [2.05, 4.69) is 21.3 Å². The number of benzene rings is 2. The molecule has 2 aromatic rings. The highest BCUT2D eigenvalue weighted by atomic mass is 16.6. The lowest BCUT2D eigenvalue weighted by Crippen LogP contribution is -2.58. The molecule has 6 atom stereocenters. The summed E-state index contributed by atoms with van der Waals surface area (Å²) in [6, 6.07) is 9.17. The Morgan fingerprint density at radius 3 is 1.19 bits per heavy atom. The molecule has 6 unspecified atom stereocenters. The summed E-state index contributed by atoms with van der Waals surface area (Å²) in [6.07, 6.45) is 9.37. The van der Waals surface area contributed by atoms with Gasteiger partial charge < -0.3 is 40.5 Å². The second-order valence-corrected chi connectivity index (χ2v) is 22.8. The minimum atomic E-state index is -0.931. The van der Waals surface area contributed by atoms with Crippen LogP contribution in [0.3, 0.4) is 0 Å². The van der Waals surface area contributed by atoms with Crippen LogP contribution in [0.2, 0.25) is 0 Å². The molecule has 6 rings (SSSR count). The van der Waals surface area contributed by atoms with Crippen molar-refractivity contribution in [2.45, 2.75) is 193 Å². The molecule has 4 aliphatic rings. The van der Waals surface area contributed by atoms with Crippen LogP contribution in [0, 0.1) is 11.8 Å². The lowest BCUT2D eigenvalue weighted by Gasteiger charge is -2.36. The smallest absolute Gasteiger partial charge is 0.410 e. The summed E-state index contributed by atoms with van der Waals surface area (Å²) in [5.74, 6) is -2.69. The Hall–Kier alpha value is -6.20. The fourth-order valence-corrected chi connectivity index (χ4v) is 10.6. The first-order chi connectivity index (χ1) is 35.0. The number of likely N-dealkylation sites (tertiary alicyclic amines) is 2. The molecular weight excluding hydrogens is 945 g/mol. The van der Waals surface area contributed by atoms with E-state index >= 15 is 0 Å². The number of likely N-dealkylation sites (N-methyl/N-ethyl adjacent to an activating group) is 2. The molecule has 4 fully saturated rings. The molecule has 2 saturated carbocycles. The largest absolute Gasteiger partial charge is 0.444 e. The van der Waals surface area contributed by atoms with Crippen molar-refractivity contribution in [3.8, 4) is 11.1 Å². The molecule has 2 saturated heterocycles. The van der Waals surface area contributed by atoms with Gasteiger partial charge in [0.15, 0.2) is 0 Å². The van der Waals surface area contributed by atoms with Gasteiger partial charge in [-0.05, 0) is 131 Å². The molecule has 18 nitrogen and oxygen atoms in total. The van der Waals surface area contributed by atoms with Gasteiger partial charge in [0.05, 0.1) is 0 Å².